The molecule has 1 aliphatic heterocycles. The Morgan fingerprint density at radius 2 is 2.10 bits per heavy atom. The first kappa shape index (κ1) is 14.6. The van der Waals surface area contributed by atoms with Gasteiger partial charge in [-0.3, -0.25) is 9.59 Å². The zero-order valence-electron chi connectivity index (χ0n) is 12.4. The van der Waals surface area contributed by atoms with Crippen LogP contribution in [0.15, 0.2) is 4.52 Å². The fourth-order valence-electron chi connectivity index (χ4n) is 2.38. The largest absolute Gasteiger partial charge is 0.361 e. The van der Waals surface area contributed by atoms with Crippen molar-refractivity contribution in [2.45, 2.75) is 46.7 Å². The van der Waals surface area contributed by atoms with Gasteiger partial charge in [-0.25, -0.2) is 0 Å². The van der Waals surface area contributed by atoms with Crippen LogP contribution in [-0.2, 0) is 16.1 Å². The average molecular weight is 279 g/mol. The summed E-state index contributed by atoms with van der Waals surface area (Å²) in [4.78, 5) is 26.0. The molecule has 1 N–H and O–H groups in total. The van der Waals surface area contributed by atoms with Crippen molar-refractivity contribution in [3.8, 4) is 0 Å². The van der Waals surface area contributed by atoms with E-state index in [2.05, 4.69) is 10.5 Å². The second kappa shape index (κ2) is 5.64. The van der Waals surface area contributed by atoms with Crippen LogP contribution in [0.1, 0.15) is 37.3 Å². The summed E-state index contributed by atoms with van der Waals surface area (Å²) in [6.45, 7) is 8.43. The lowest BCUT2D eigenvalue weighted by molar-refractivity contribution is -0.135. The van der Waals surface area contributed by atoms with Gasteiger partial charge in [0.25, 0.3) is 0 Å². The molecule has 6 nitrogen and oxygen atoms in total. The van der Waals surface area contributed by atoms with Crippen molar-refractivity contribution in [1.82, 2.24) is 15.4 Å². The van der Waals surface area contributed by atoms with E-state index in [1.807, 2.05) is 27.7 Å². The van der Waals surface area contributed by atoms with E-state index in [0.717, 1.165) is 17.0 Å². The molecule has 6 heteroatoms. The number of carbonyl (C=O) groups excluding carboxylic acids is 2. The topological polar surface area (TPSA) is 75.4 Å². The highest BCUT2D eigenvalue weighted by Crippen LogP contribution is 2.18. The lowest BCUT2D eigenvalue weighted by Crippen LogP contribution is -2.47. The van der Waals surface area contributed by atoms with Crippen LogP contribution in [0.2, 0.25) is 0 Å². The number of nitrogens with zero attached hydrogens (tertiary/aromatic N) is 2. The van der Waals surface area contributed by atoms with Crippen LogP contribution >= 0.6 is 0 Å². The highest BCUT2D eigenvalue weighted by atomic mass is 16.5. The summed E-state index contributed by atoms with van der Waals surface area (Å²) in [6, 6.07) is -0.453. The average Bonchev–Trinajstić information content (AvgIpc) is 2.61. The molecular formula is C14H21N3O3. The number of rotatable bonds is 3. The molecule has 1 fully saturated rings. The highest BCUT2D eigenvalue weighted by molar-refractivity contribution is 5.90. The van der Waals surface area contributed by atoms with E-state index in [9.17, 15) is 9.59 Å². The third-order valence-corrected chi connectivity index (χ3v) is 3.70. The van der Waals surface area contributed by atoms with Gasteiger partial charge >= 0.3 is 0 Å². The van der Waals surface area contributed by atoms with E-state index in [-0.39, 0.29) is 17.7 Å². The predicted molar refractivity (Wildman–Crippen MR) is 72.8 cm³/mol. The molecule has 0 saturated carbocycles. The van der Waals surface area contributed by atoms with Crippen molar-refractivity contribution in [2.75, 3.05) is 6.54 Å². The maximum Gasteiger partial charge on any atom is 0.245 e. The highest BCUT2D eigenvalue weighted by Gasteiger charge is 2.32. The van der Waals surface area contributed by atoms with Crippen LogP contribution in [0, 0.1) is 19.8 Å². The van der Waals surface area contributed by atoms with Crippen molar-refractivity contribution >= 4 is 11.8 Å². The van der Waals surface area contributed by atoms with Gasteiger partial charge in [-0.1, -0.05) is 19.0 Å². The van der Waals surface area contributed by atoms with Crippen LogP contribution < -0.4 is 5.32 Å². The molecule has 2 heterocycles. The van der Waals surface area contributed by atoms with Crippen LogP contribution in [0.3, 0.4) is 0 Å². The van der Waals surface area contributed by atoms with Gasteiger partial charge in [0, 0.05) is 18.5 Å². The molecule has 0 aliphatic carbocycles. The molecule has 1 aliphatic rings. The van der Waals surface area contributed by atoms with Gasteiger partial charge in [-0.05, 0) is 19.8 Å². The van der Waals surface area contributed by atoms with Gasteiger partial charge in [-0.2, -0.15) is 0 Å². The second-order valence-corrected chi connectivity index (χ2v) is 5.60. The number of hydrogen-bond donors (Lipinski definition) is 1. The molecule has 2 rings (SSSR count). The normalized spacial score (nSPS) is 20.2. The standard InChI is InChI=1S/C14H21N3O3/c1-8(2)13-14(19)17(6-5-12(18)15-13)7-11-9(3)16-20-10(11)4/h8,13H,5-7H2,1-4H3,(H,15,18). The number of aromatic nitrogens is 1. The molecule has 20 heavy (non-hydrogen) atoms. The van der Waals surface area contributed by atoms with Gasteiger partial charge in [0.1, 0.15) is 11.8 Å². The van der Waals surface area contributed by atoms with Crippen LogP contribution in [0.25, 0.3) is 0 Å². The summed E-state index contributed by atoms with van der Waals surface area (Å²) in [5.41, 5.74) is 1.72. The van der Waals surface area contributed by atoms with Gasteiger partial charge < -0.3 is 14.7 Å². The fraction of sp³-hybridized carbons (Fsp3) is 0.643. The molecule has 1 saturated heterocycles. The number of amides is 2. The SMILES string of the molecule is Cc1noc(C)c1CN1CCC(=O)NC(C(C)C)C1=O. The molecule has 0 bridgehead atoms. The Balaban J connectivity index is 2.21. The number of nitrogens with one attached hydrogen (secondary N) is 1. The summed E-state index contributed by atoms with van der Waals surface area (Å²) in [6.07, 6.45) is 0.332. The fourth-order valence-corrected chi connectivity index (χ4v) is 2.38. The van der Waals surface area contributed by atoms with E-state index in [1.165, 1.54) is 0 Å². The van der Waals surface area contributed by atoms with E-state index in [1.54, 1.807) is 4.90 Å². The smallest absolute Gasteiger partial charge is 0.245 e. The minimum Gasteiger partial charge on any atom is -0.361 e. The summed E-state index contributed by atoms with van der Waals surface area (Å²) >= 11 is 0. The molecule has 1 unspecified atom stereocenters. The molecular weight excluding hydrogens is 258 g/mol. The van der Waals surface area contributed by atoms with Crippen molar-refractivity contribution in [2.24, 2.45) is 5.92 Å². The van der Waals surface area contributed by atoms with Gasteiger partial charge in [0.2, 0.25) is 11.8 Å². The summed E-state index contributed by atoms with van der Waals surface area (Å²) < 4.78 is 5.13. The molecule has 1 aromatic rings. The molecule has 110 valence electrons. The monoisotopic (exact) mass is 279 g/mol. The zero-order chi connectivity index (χ0) is 14.9. The Kier molecular flexibility index (Phi) is 4.11. The van der Waals surface area contributed by atoms with E-state index < -0.39 is 6.04 Å². The van der Waals surface area contributed by atoms with Crippen LogP contribution in [0.4, 0.5) is 0 Å². The van der Waals surface area contributed by atoms with Crippen molar-refractivity contribution in [3.05, 3.63) is 17.0 Å². The Morgan fingerprint density at radius 3 is 2.65 bits per heavy atom. The van der Waals surface area contributed by atoms with E-state index in [0.29, 0.717) is 19.5 Å². The van der Waals surface area contributed by atoms with E-state index in [4.69, 9.17) is 4.52 Å². The van der Waals surface area contributed by atoms with Gasteiger partial charge in [0.05, 0.1) is 12.2 Å². The van der Waals surface area contributed by atoms with Crippen LogP contribution in [-0.4, -0.2) is 34.5 Å². The first-order valence-electron chi connectivity index (χ1n) is 6.90. The molecule has 2 amide bonds. The predicted octanol–water partition coefficient (Wildman–Crippen LogP) is 1.16. The molecule has 0 radical (unpaired) electrons. The summed E-state index contributed by atoms with van der Waals surface area (Å²) in [5, 5.41) is 6.70. The second-order valence-electron chi connectivity index (χ2n) is 5.60. The summed E-state index contributed by atoms with van der Waals surface area (Å²) in [7, 11) is 0. The Bertz CT molecular complexity index is 502. The van der Waals surface area contributed by atoms with Crippen molar-refractivity contribution in [3.63, 3.8) is 0 Å². The minimum atomic E-state index is -0.453. The molecule has 0 spiro atoms. The molecule has 1 aromatic heterocycles. The quantitative estimate of drug-likeness (QED) is 0.901. The first-order chi connectivity index (χ1) is 9.40. The third kappa shape index (κ3) is 2.84. The van der Waals surface area contributed by atoms with Crippen molar-refractivity contribution < 1.29 is 14.1 Å². The lowest BCUT2D eigenvalue weighted by atomic mass is 10.0. The van der Waals surface area contributed by atoms with Gasteiger partial charge in [0.15, 0.2) is 0 Å². The lowest BCUT2D eigenvalue weighted by Gasteiger charge is -2.26. The van der Waals surface area contributed by atoms with Gasteiger partial charge in [-0.15, -0.1) is 0 Å². The Morgan fingerprint density at radius 1 is 1.40 bits per heavy atom. The third-order valence-electron chi connectivity index (χ3n) is 3.70. The maximum absolute atomic E-state index is 12.5. The maximum atomic E-state index is 12.5. The molecule has 0 aromatic carbocycles. The van der Waals surface area contributed by atoms with Crippen LogP contribution in [0.5, 0.6) is 0 Å². The first-order valence-corrected chi connectivity index (χ1v) is 6.90. The number of carbonyl (C=O) groups is 2. The number of aryl methyl sites for hydroxylation is 2. The molecule has 1 atom stereocenters. The summed E-state index contributed by atoms with van der Waals surface area (Å²) in [5.74, 6) is 0.681. The Labute approximate surface area is 118 Å². The van der Waals surface area contributed by atoms with E-state index >= 15 is 0 Å². The van der Waals surface area contributed by atoms with Crippen molar-refractivity contribution in [1.29, 1.82) is 0 Å². The zero-order valence-corrected chi connectivity index (χ0v) is 12.4. The number of hydrogen-bond acceptors (Lipinski definition) is 4. The Hall–Kier alpha value is -1.85. The minimum absolute atomic E-state index is 0.0362.